The van der Waals surface area contributed by atoms with Crippen molar-refractivity contribution in [2.24, 2.45) is 30.6 Å². The van der Waals surface area contributed by atoms with Crippen molar-refractivity contribution in [2.45, 2.75) is 45.6 Å². The monoisotopic (exact) mass is 280 g/mol. The zero-order valence-electron chi connectivity index (χ0n) is 13.1. The Hall–Kier alpha value is -1.07. The molecule has 1 saturated carbocycles. The Labute approximate surface area is 121 Å². The molecule has 1 unspecified atom stereocenters. The van der Waals surface area contributed by atoms with E-state index in [1.54, 1.807) is 13.3 Å². The fourth-order valence-corrected chi connectivity index (χ4v) is 3.52. The Morgan fingerprint density at radius 1 is 1.30 bits per heavy atom. The maximum absolute atomic E-state index is 5.84. The molecule has 1 heterocycles. The lowest BCUT2D eigenvalue weighted by Crippen LogP contribution is -2.37. The number of rotatable bonds is 5. The van der Waals surface area contributed by atoms with Gasteiger partial charge in [0.15, 0.2) is 5.75 Å². The van der Waals surface area contributed by atoms with Gasteiger partial charge >= 0.3 is 0 Å². The molecular formula is C15H28N4O. The van der Waals surface area contributed by atoms with Crippen molar-refractivity contribution in [2.75, 3.05) is 7.11 Å². The molecule has 1 aliphatic carbocycles. The largest absolute Gasteiger partial charge is 0.493 e. The number of hydrogen-bond acceptors (Lipinski definition) is 4. The van der Waals surface area contributed by atoms with E-state index in [1.165, 1.54) is 25.7 Å². The zero-order chi connectivity index (χ0) is 14.7. The van der Waals surface area contributed by atoms with Gasteiger partial charge in [-0.05, 0) is 43.4 Å². The molecule has 114 valence electrons. The number of nitrogens with zero attached hydrogens (tertiary/aromatic N) is 2. The van der Waals surface area contributed by atoms with Crippen LogP contribution in [0.15, 0.2) is 6.20 Å². The normalized spacial score (nSPS) is 24.9. The van der Waals surface area contributed by atoms with Crippen LogP contribution in [-0.4, -0.2) is 16.9 Å². The summed E-state index contributed by atoms with van der Waals surface area (Å²) in [5, 5.41) is 4.29. The van der Waals surface area contributed by atoms with E-state index in [2.05, 4.69) is 24.4 Å². The van der Waals surface area contributed by atoms with Crippen LogP contribution >= 0.6 is 0 Å². The molecule has 1 aliphatic rings. The Morgan fingerprint density at radius 2 is 1.90 bits per heavy atom. The van der Waals surface area contributed by atoms with Crippen LogP contribution in [0.1, 0.15) is 51.3 Å². The molecule has 1 fully saturated rings. The van der Waals surface area contributed by atoms with E-state index in [9.17, 15) is 0 Å². The molecule has 1 aromatic heterocycles. The van der Waals surface area contributed by atoms with Crippen molar-refractivity contribution in [3.63, 3.8) is 0 Å². The summed E-state index contributed by atoms with van der Waals surface area (Å²) in [4.78, 5) is 0. The van der Waals surface area contributed by atoms with Crippen LogP contribution < -0.4 is 16.0 Å². The predicted octanol–water partition coefficient (Wildman–Crippen LogP) is 2.40. The molecule has 3 N–H and O–H groups in total. The standard InChI is InChI=1S/C15H28N4O/c1-10(2)11-5-7-12(8-6-11)14(18-16)15-13(20-4)9-17-19(15)3/h9-12,14,18H,5-8,16H2,1-4H3. The minimum atomic E-state index is 0.116. The predicted molar refractivity (Wildman–Crippen MR) is 80.1 cm³/mol. The molecule has 0 spiro atoms. The fraction of sp³-hybridized carbons (Fsp3) is 0.800. The molecule has 0 bridgehead atoms. The summed E-state index contributed by atoms with van der Waals surface area (Å²) in [6.07, 6.45) is 6.78. The van der Waals surface area contributed by atoms with E-state index in [4.69, 9.17) is 10.6 Å². The number of nitrogens with two attached hydrogens (primary N) is 1. The van der Waals surface area contributed by atoms with Gasteiger partial charge in [0.1, 0.15) is 0 Å². The van der Waals surface area contributed by atoms with Gasteiger partial charge in [0.25, 0.3) is 0 Å². The molecule has 1 aromatic rings. The minimum absolute atomic E-state index is 0.116. The number of hydrogen-bond donors (Lipinski definition) is 2. The first-order valence-electron chi connectivity index (χ1n) is 7.60. The number of aryl methyl sites for hydroxylation is 1. The average molecular weight is 280 g/mol. The average Bonchev–Trinajstić information content (AvgIpc) is 2.82. The third-order valence-corrected chi connectivity index (χ3v) is 4.87. The summed E-state index contributed by atoms with van der Waals surface area (Å²) in [6, 6.07) is 0.116. The zero-order valence-corrected chi connectivity index (χ0v) is 13.1. The minimum Gasteiger partial charge on any atom is -0.493 e. The first-order valence-corrected chi connectivity index (χ1v) is 7.60. The van der Waals surface area contributed by atoms with Gasteiger partial charge in [0.05, 0.1) is 25.0 Å². The second kappa shape index (κ2) is 6.59. The SMILES string of the molecule is COc1cnn(C)c1C(NN)C1CCC(C(C)C)CC1. The third kappa shape index (κ3) is 2.99. The molecule has 1 atom stereocenters. The Kier molecular flexibility index (Phi) is 5.05. The number of nitrogens with one attached hydrogen (secondary N) is 1. The summed E-state index contributed by atoms with van der Waals surface area (Å²) in [5.41, 5.74) is 4.05. The Balaban J connectivity index is 2.11. The lowest BCUT2D eigenvalue weighted by atomic mass is 9.74. The lowest BCUT2D eigenvalue weighted by Gasteiger charge is -2.35. The summed E-state index contributed by atoms with van der Waals surface area (Å²) >= 11 is 0. The van der Waals surface area contributed by atoms with Crippen LogP contribution in [0.2, 0.25) is 0 Å². The van der Waals surface area contributed by atoms with E-state index >= 15 is 0 Å². The first-order chi connectivity index (χ1) is 9.58. The van der Waals surface area contributed by atoms with Crippen molar-refractivity contribution in [1.29, 1.82) is 0 Å². The van der Waals surface area contributed by atoms with Crippen LogP contribution in [0.5, 0.6) is 5.75 Å². The van der Waals surface area contributed by atoms with E-state index in [-0.39, 0.29) is 6.04 Å². The van der Waals surface area contributed by atoms with Gasteiger partial charge in [-0.1, -0.05) is 13.8 Å². The summed E-state index contributed by atoms with van der Waals surface area (Å²) in [7, 11) is 3.63. The molecule has 0 aliphatic heterocycles. The topological polar surface area (TPSA) is 65.1 Å². The second-order valence-corrected chi connectivity index (χ2v) is 6.29. The highest BCUT2D eigenvalue weighted by atomic mass is 16.5. The van der Waals surface area contributed by atoms with Gasteiger partial charge in [0.2, 0.25) is 0 Å². The molecule has 0 radical (unpaired) electrons. The van der Waals surface area contributed by atoms with E-state index in [0.717, 1.165) is 23.3 Å². The fourth-order valence-electron chi connectivity index (χ4n) is 3.52. The van der Waals surface area contributed by atoms with Crippen LogP contribution in [-0.2, 0) is 7.05 Å². The first kappa shape index (κ1) is 15.3. The summed E-state index contributed by atoms with van der Waals surface area (Å²) < 4.78 is 7.29. The maximum atomic E-state index is 5.84. The van der Waals surface area contributed by atoms with Gasteiger partial charge < -0.3 is 4.74 Å². The Morgan fingerprint density at radius 3 is 2.40 bits per heavy atom. The van der Waals surface area contributed by atoms with Gasteiger partial charge in [-0.15, -0.1) is 0 Å². The van der Waals surface area contributed by atoms with Crippen molar-refractivity contribution in [1.82, 2.24) is 15.2 Å². The highest BCUT2D eigenvalue weighted by Crippen LogP contribution is 2.40. The van der Waals surface area contributed by atoms with E-state index < -0.39 is 0 Å². The highest BCUT2D eigenvalue weighted by molar-refractivity contribution is 5.28. The van der Waals surface area contributed by atoms with Crippen molar-refractivity contribution >= 4 is 0 Å². The lowest BCUT2D eigenvalue weighted by molar-refractivity contribution is 0.184. The van der Waals surface area contributed by atoms with Crippen LogP contribution in [0.3, 0.4) is 0 Å². The van der Waals surface area contributed by atoms with E-state index in [1.807, 2.05) is 11.7 Å². The molecule has 0 saturated heterocycles. The van der Waals surface area contributed by atoms with Gasteiger partial charge in [-0.2, -0.15) is 5.10 Å². The van der Waals surface area contributed by atoms with Crippen LogP contribution in [0.25, 0.3) is 0 Å². The van der Waals surface area contributed by atoms with E-state index in [0.29, 0.717) is 5.92 Å². The van der Waals surface area contributed by atoms with Crippen molar-refractivity contribution in [3.8, 4) is 5.75 Å². The molecule has 5 nitrogen and oxygen atoms in total. The summed E-state index contributed by atoms with van der Waals surface area (Å²) in [6.45, 7) is 4.65. The third-order valence-electron chi connectivity index (χ3n) is 4.87. The summed E-state index contributed by atoms with van der Waals surface area (Å²) in [5.74, 6) is 8.85. The van der Waals surface area contributed by atoms with Crippen LogP contribution in [0.4, 0.5) is 0 Å². The van der Waals surface area contributed by atoms with Crippen LogP contribution in [0, 0.1) is 17.8 Å². The quantitative estimate of drug-likeness (QED) is 0.642. The molecule has 20 heavy (non-hydrogen) atoms. The molecule has 5 heteroatoms. The smallest absolute Gasteiger partial charge is 0.161 e. The molecular weight excluding hydrogens is 252 g/mol. The van der Waals surface area contributed by atoms with Gasteiger partial charge in [-0.3, -0.25) is 16.0 Å². The molecule has 2 rings (SSSR count). The Bertz CT molecular complexity index is 422. The highest BCUT2D eigenvalue weighted by Gasteiger charge is 2.32. The molecule has 0 amide bonds. The number of hydrazine groups is 1. The van der Waals surface area contributed by atoms with Crippen molar-refractivity contribution in [3.05, 3.63) is 11.9 Å². The second-order valence-electron chi connectivity index (χ2n) is 6.29. The number of methoxy groups -OCH3 is 1. The number of aromatic nitrogens is 2. The molecule has 0 aromatic carbocycles. The van der Waals surface area contributed by atoms with Gasteiger partial charge in [-0.25, -0.2) is 0 Å². The number of ether oxygens (including phenoxy) is 1. The maximum Gasteiger partial charge on any atom is 0.161 e. The van der Waals surface area contributed by atoms with Gasteiger partial charge in [0, 0.05) is 7.05 Å². The van der Waals surface area contributed by atoms with Crippen molar-refractivity contribution < 1.29 is 4.74 Å².